The quantitative estimate of drug-likeness (QED) is 0.819. The Hall–Kier alpha value is -1.61. The van der Waals surface area contributed by atoms with Crippen LogP contribution < -0.4 is 5.32 Å². The van der Waals surface area contributed by atoms with Crippen LogP contribution in [0.5, 0.6) is 0 Å². The van der Waals surface area contributed by atoms with Gasteiger partial charge in [-0.1, -0.05) is 6.07 Å². The molecule has 5 nitrogen and oxygen atoms in total. The first-order chi connectivity index (χ1) is 10.8. The molecule has 0 bridgehead atoms. The van der Waals surface area contributed by atoms with E-state index >= 15 is 0 Å². The molecule has 0 spiro atoms. The number of amides is 2. The molecule has 2 rings (SSSR count). The van der Waals surface area contributed by atoms with Gasteiger partial charge in [-0.15, -0.1) is 11.3 Å². The molecule has 0 saturated carbocycles. The number of nitrogens with one attached hydrogen (secondary N) is 1. The Balaban J connectivity index is 1.70. The maximum Gasteiger partial charge on any atom is 0.405 e. The van der Waals surface area contributed by atoms with E-state index < -0.39 is 31.0 Å². The molecule has 1 aliphatic rings. The SMILES string of the molecule is O=C(CC(=O)N1CCN(Cc2cccs2)CC1)NCC(F)(F)F. The lowest BCUT2D eigenvalue weighted by Crippen LogP contribution is -2.49. The molecule has 0 atom stereocenters. The molecule has 0 aromatic carbocycles. The van der Waals surface area contributed by atoms with E-state index in [1.165, 1.54) is 9.78 Å². The van der Waals surface area contributed by atoms with Crippen molar-refractivity contribution in [3.8, 4) is 0 Å². The number of thiophene rings is 1. The predicted octanol–water partition coefficient (Wildman–Crippen LogP) is 1.46. The first kappa shape index (κ1) is 17.7. The van der Waals surface area contributed by atoms with Crippen molar-refractivity contribution in [3.05, 3.63) is 22.4 Å². The first-order valence-electron chi connectivity index (χ1n) is 7.19. The molecular formula is C14H18F3N3O2S. The van der Waals surface area contributed by atoms with Crippen LogP contribution in [-0.2, 0) is 16.1 Å². The average molecular weight is 349 g/mol. The van der Waals surface area contributed by atoms with Crippen molar-refractivity contribution in [3.63, 3.8) is 0 Å². The largest absolute Gasteiger partial charge is 0.405 e. The van der Waals surface area contributed by atoms with Crippen molar-refractivity contribution in [2.24, 2.45) is 0 Å². The minimum Gasteiger partial charge on any atom is -0.347 e. The number of halogens is 3. The third-order valence-electron chi connectivity index (χ3n) is 3.48. The summed E-state index contributed by atoms with van der Waals surface area (Å²) >= 11 is 1.67. The first-order valence-corrected chi connectivity index (χ1v) is 8.07. The van der Waals surface area contributed by atoms with Crippen molar-refractivity contribution < 1.29 is 22.8 Å². The molecule has 2 heterocycles. The molecule has 1 aromatic heterocycles. The van der Waals surface area contributed by atoms with Crippen molar-refractivity contribution in [1.29, 1.82) is 0 Å². The van der Waals surface area contributed by atoms with E-state index in [9.17, 15) is 22.8 Å². The van der Waals surface area contributed by atoms with Crippen molar-refractivity contribution in [1.82, 2.24) is 15.1 Å². The fraction of sp³-hybridized carbons (Fsp3) is 0.571. The number of hydrogen-bond acceptors (Lipinski definition) is 4. The zero-order valence-corrected chi connectivity index (χ0v) is 13.3. The molecule has 0 radical (unpaired) electrons. The summed E-state index contributed by atoms with van der Waals surface area (Å²) in [5, 5.41) is 3.72. The second-order valence-electron chi connectivity index (χ2n) is 5.30. The van der Waals surface area contributed by atoms with E-state index in [1.807, 2.05) is 17.5 Å². The summed E-state index contributed by atoms with van der Waals surface area (Å²) in [7, 11) is 0. The van der Waals surface area contributed by atoms with Gasteiger partial charge in [0.1, 0.15) is 13.0 Å². The van der Waals surface area contributed by atoms with Gasteiger partial charge >= 0.3 is 6.18 Å². The Kier molecular flexibility index (Phi) is 6.00. The Morgan fingerprint density at radius 2 is 1.91 bits per heavy atom. The summed E-state index contributed by atoms with van der Waals surface area (Å²) in [6.07, 6.45) is -5.01. The highest BCUT2D eigenvalue weighted by atomic mass is 32.1. The zero-order valence-electron chi connectivity index (χ0n) is 12.4. The summed E-state index contributed by atoms with van der Waals surface area (Å²) < 4.78 is 36.0. The maximum atomic E-state index is 12.0. The predicted molar refractivity (Wildman–Crippen MR) is 79.9 cm³/mol. The Morgan fingerprint density at radius 1 is 1.22 bits per heavy atom. The smallest absolute Gasteiger partial charge is 0.347 e. The fourth-order valence-electron chi connectivity index (χ4n) is 2.29. The summed E-state index contributed by atoms with van der Waals surface area (Å²) in [6.45, 7) is 1.76. The zero-order chi connectivity index (χ0) is 16.9. The van der Waals surface area contributed by atoms with Gasteiger partial charge in [-0.2, -0.15) is 13.2 Å². The van der Waals surface area contributed by atoms with Crippen LogP contribution >= 0.6 is 11.3 Å². The standard InChI is InChI=1S/C14H18F3N3O2S/c15-14(16,17)10-18-12(21)8-13(22)20-5-3-19(4-6-20)9-11-2-1-7-23-11/h1-2,7H,3-6,8-10H2,(H,18,21). The minimum atomic E-state index is -4.47. The molecule has 0 unspecified atom stereocenters. The van der Waals surface area contributed by atoms with Crippen LogP contribution in [0.4, 0.5) is 13.2 Å². The van der Waals surface area contributed by atoms with E-state index in [-0.39, 0.29) is 0 Å². The lowest BCUT2D eigenvalue weighted by atomic mass is 10.2. The number of carbonyl (C=O) groups excluding carboxylic acids is 2. The highest BCUT2D eigenvalue weighted by Crippen LogP contribution is 2.14. The molecule has 2 amide bonds. The molecular weight excluding hydrogens is 331 g/mol. The van der Waals surface area contributed by atoms with E-state index in [0.29, 0.717) is 26.2 Å². The molecule has 1 aromatic rings. The average Bonchev–Trinajstić information content (AvgIpc) is 2.98. The topological polar surface area (TPSA) is 52.7 Å². The van der Waals surface area contributed by atoms with Crippen LogP contribution in [0.3, 0.4) is 0 Å². The summed E-state index contributed by atoms with van der Waals surface area (Å²) in [5.41, 5.74) is 0. The van der Waals surface area contributed by atoms with Crippen LogP contribution in [0.15, 0.2) is 17.5 Å². The summed E-state index contributed by atoms with van der Waals surface area (Å²) in [4.78, 5) is 28.3. The van der Waals surface area contributed by atoms with Gasteiger partial charge in [0.05, 0.1) is 0 Å². The van der Waals surface area contributed by atoms with Crippen molar-refractivity contribution in [2.75, 3.05) is 32.7 Å². The van der Waals surface area contributed by atoms with Crippen LogP contribution in [0, 0.1) is 0 Å². The molecule has 0 aliphatic carbocycles. The molecule has 128 valence electrons. The number of rotatable bonds is 5. The Morgan fingerprint density at radius 3 is 2.48 bits per heavy atom. The second kappa shape index (κ2) is 7.78. The van der Waals surface area contributed by atoms with Crippen molar-refractivity contribution in [2.45, 2.75) is 19.1 Å². The van der Waals surface area contributed by atoms with Crippen LogP contribution in [0.2, 0.25) is 0 Å². The van der Waals surface area contributed by atoms with E-state index in [4.69, 9.17) is 0 Å². The van der Waals surface area contributed by atoms with Gasteiger partial charge in [-0.25, -0.2) is 0 Å². The molecule has 1 N–H and O–H groups in total. The highest BCUT2D eigenvalue weighted by Gasteiger charge is 2.29. The number of carbonyl (C=O) groups is 2. The summed E-state index contributed by atoms with van der Waals surface area (Å²) in [6, 6.07) is 4.03. The van der Waals surface area contributed by atoms with E-state index in [0.717, 1.165) is 6.54 Å². The third kappa shape index (κ3) is 6.19. The van der Waals surface area contributed by atoms with Gasteiger partial charge in [-0.3, -0.25) is 14.5 Å². The monoisotopic (exact) mass is 349 g/mol. The highest BCUT2D eigenvalue weighted by molar-refractivity contribution is 7.09. The number of piperazine rings is 1. The van der Waals surface area contributed by atoms with Crippen molar-refractivity contribution >= 4 is 23.2 Å². The summed E-state index contributed by atoms with van der Waals surface area (Å²) in [5.74, 6) is -1.33. The van der Waals surface area contributed by atoms with Crippen LogP contribution in [0.25, 0.3) is 0 Å². The lowest BCUT2D eigenvalue weighted by Gasteiger charge is -2.34. The molecule has 9 heteroatoms. The Labute approximate surface area is 136 Å². The number of nitrogens with zero attached hydrogens (tertiary/aromatic N) is 2. The Bertz CT molecular complexity index is 526. The molecule has 1 aliphatic heterocycles. The van der Waals surface area contributed by atoms with E-state index in [2.05, 4.69) is 4.90 Å². The van der Waals surface area contributed by atoms with Gasteiger partial charge in [0.25, 0.3) is 0 Å². The van der Waals surface area contributed by atoms with Gasteiger partial charge in [0.2, 0.25) is 11.8 Å². The fourth-order valence-corrected chi connectivity index (χ4v) is 3.03. The van der Waals surface area contributed by atoms with E-state index in [1.54, 1.807) is 16.7 Å². The second-order valence-corrected chi connectivity index (χ2v) is 6.34. The van der Waals surface area contributed by atoms with Crippen LogP contribution in [-0.4, -0.2) is 60.5 Å². The van der Waals surface area contributed by atoms with Gasteiger partial charge in [0.15, 0.2) is 0 Å². The molecule has 1 fully saturated rings. The van der Waals surface area contributed by atoms with Gasteiger partial charge in [-0.05, 0) is 11.4 Å². The normalized spacial score (nSPS) is 16.4. The van der Waals surface area contributed by atoms with Gasteiger partial charge < -0.3 is 10.2 Å². The lowest BCUT2D eigenvalue weighted by molar-refractivity contribution is -0.143. The maximum absolute atomic E-state index is 12.0. The minimum absolute atomic E-state index is 0.430. The van der Waals surface area contributed by atoms with Gasteiger partial charge in [0, 0.05) is 37.6 Å². The number of alkyl halides is 3. The third-order valence-corrected chi connectivity index (χ3v) is 4.34. The van der Waals surface area contributed by atoms with Crippen LogP contribution in [0.1, 0.15) is 11.3 Å². The molecule has 1 saturated heterocycles. The molecule has 23 heavy (non-hydrogen) atoms. The number of hydrogen-bond donors (Lipinski definition) is 1.